The molecule has 3 rings (SSSR count). The zero-order valence-electron chi connectivity index (χ0n) is 11.7. The van der Waals surface area contributed by atoms with Crippen molar-refractivity contribution in [3.8, 4) is 0 Å². The first-order valence-corrected chi connectivity index (χ1v) is 7.38. The molecule has 0 aromatic carbocycles. The Hall–Kier alpha value is -1.40. The van der Waals surface area contributed by atoms with Crippen molar-refractivity contribution in [1.82, 2.24) is 9.97 Å². The number of rotatable bonds is 5. The molecule has 2 fully saturated rings. The lowest BCUT2D eigenvalue weighted by Gasteiger charge is -2.24. The molecule has 0 amide bonds. The molecular weight excluding hydrogens is 256 g/mol. The van der Waals surface area contributed by atoms with E-state index in [1.807, 2.05) is 6.07 Å². The molecule has 2 saturated heterocycles. The molecule has 3 heterocycles. The van der Waals surface area contributed by atoms with Crippen LogP contribution in [0.4, 0.5) is 11.6 Å². The second kappa shape index (κ2) is 6.37. The Morgan fingerprint density at radius 1 is 1.40 bits per heavy atom. The number of nitrogens with one attached hydrogen (secondary N) is 1. The van der Waals surface area contributed by atoms with Crippen molar-refractivity contribution in [3.63, 3.8) is 0 Å². The molecule has 0 spiro atoms. The first-order valence-electron chi connectivity index (χ1n) is 7.38. The monoisotopic (exact) mass is 278 g/mol. The molecule has 0 bridgehead atoms. The fraction of sp³-hybridized carbons (Fsp3) is 0.714. The van der Waals surface area contributed by atoms with Gasteiger partial charge in [0.2, 0.25) is 0 Å². The fourth-order valence-electron chi connectivity index (χ4n) is 2.92. The second-order valence-corrected chi connectivity index (χ2v) is 5.54. The Morgan fingerprint density at radius 3 is 3.15 bits per heavy atom. The minimum absolute atomic E-state index is 0.187. The topological polar surface area (TPSA) is 70.5 Å². The highest BCUT2D eigenvalue weighted by Gasteiger charge is 2.25. The third kappa shape index (κ3) is 3.02. The van der Waals surface area contributed by atoms with Crippen molar-refractivity contribution in [2.75, 3.05) is 43.1 Å². The van der Waals surface area contributed by atoms with Gasteiger partial charge in [0.1, 0.15) is 18.0 Å². The van der Waals surface area contributed by atoms with Gasteiger partial charge >= 0.3 is 0 Å². The molecule has 2 N–H and O–H groups in total. The van der Waals surface area contributed by atoms with Crippen LogP contribution >= 0.6 is 0 Å². The largest absolute Gasteiger partial charge is 0.394 e. The summed E-state index contributed by atoms with van der Waals surface area (Å²) in [5, 5.41) is 12.8. The van der Waals surface area contributed by atoms with E-state index in [1.165, 1.54) is 0 Å². The molecule has 0 unspecified atom stereocenters. The maximum atomic E-state index is 9.40. The first-order chi connectivity index (χ1) is 9.86. The number of ether oxygens (including phenoxy) is 1. The molecule has 2 aliphatic rings. The maximum absolute atomic E-state index is 9.40. The SMILES string of the molecule is OC[C@@H]1CCCN1c1cc(NC[C@H]2CCOC2)ncn1. The molecule has 1 aromatic heterocycles. The van der Waals surface area contributed by atoms with Crippen LogP contribution in [-0.4, -0.2) is 54.0 Å². The van der Waals surface area contributed by atoms with Gasteiger partial charge in [-0.15, -0.1) is 0 Å². The second-order valence-electron chi connectivity index (χ2n) is 5.54. The van der Waals surface area contributed by atoms with E-state index in [9.17, 15) is 5.11 Å². The van der Waals surface area contributed by atoms with Crippen LogP contribution in [0, 0.1) is 5.92 Å². The van der Waals surface area contributed by atoms with E-state index < -0.39 is 0 Å². The molecule has 6 heteroatoms. The maximum Gasteiger partial charge on any atom is 0.134 e. The van der Waals surface area contributed by atoms with Crippen LogP contribution in [0.15, 0.2) is 12.4 Å². The lowest BCUT2D eigenvalue weighted by Crippen LogP contribution is -2.32. The Labute approximate surface area is 119 Å². The summed E-state index contributed by atoms with van der Waals surface area (Å²) in [4.78, 5) is 10.8. The quantitative estimate of drug-likeness (QED) is 0.833. The van der Waals surface area contributed by atoms with Gasteiger partial charge in [-0.05, 0) is 19.3 Å². The Bertz CT molecular complexity index is 437. The van der Waals surface area contributed by atoms with E-state index in [2.05, 4.69) is 20.2 Å². The van der Waals surface area contributed by atoms with Gasteiger partial charge in [0.05, 0.1) is 19.3 Å². The minimum atomic E-state index is 0.187. The highest BCUT2D eigenvalue weighted by atomic mass is 16.5. The summed E-state index contributed by atoms with van der Waals surface area (Å²) in [6.45, 7) is 3.74. The van der Waals surface area contributed by atoms with Crippen LogP contribution in [0.1, 0.15) is 19.3 Å². The van der Waals surface area contributed by atoms with E-state index in [4.69, 9.17) is 4.74 Å². The van der Waals surface area contributed by atoms with Gasteiger partial charge in [0.25, 0.3) is 0 Å². The molecule has 110 valence electrons. The number of nitrogens with zero attached hydrogens (tertiary/aromatic N) is 3. The lowest BCUT2D eigenvalue weighted by molar-refractivity contribution is 0.187. The highest BCUT2D eigenvalue weighted by Crippen LogP contribution is 2.24. The first kappa shape index (κ1) is 13.6. The van der Waals surface area contributed by atoms with Gasteiger partial charge in [0, 0.05) is 31.7 Å². The molecule has 1 aromatic rings. The van der Waals surface area contributed by atoms with Gasteiger partial charge in [-0.3, -0.25) is 0 Å². The van der Waals surface area contributed by atoms with Crippen LogP contribution < -0.4 is 10.2 Å². The average molecular weight is 278 g/mol. The molecule has 0 radical (unpaired) electrons. The summed E-state index contributed by atoms with van der Waals surface area (Å²) in [7, 11) is 0. The summed E-state index contributed by atoms with van der Waals surface area (Å²) in [5.74, 6) is 2.33. The summed E-state index contributed by atoms with van der Waals surface area (Å²) >= 11 is 0. The molecular formula is C14H22N4O2. The number of aliphatic hydroxyl groups excluding tert-OH is 1. The van der Waals surface area contributed by atoms with Crippen molar-refractivity contribution >= 4 is 11.6 Å². The van der Waals surface area contributed by atoms with Gasteiger partial charge in [-0.25, -0.2) is 9.97 Å². The predicted octanol–water partition coefficient (Wildman–Crippen LogP) is 0.886. The number of hydrogen-bond acceptors (Lipinski definition) is 6. The van der Waals surface area contributed by atoms with Gasteiger partial charge in [0.15, 0.2) is 0 Å². The predicted molar refractivity (Wildman–Crippen MR) is 76.9 cm³/mol. The third-order valence-corrected chi connectivity index (χ3v) is 4.13. The van der Waals surface area contributed by atoms with E-state index in [-0.39, 0.29) is 12.6 Å². The summed E-state index contributed by atoms with van der Waals surface area (Å²) in [6, 6.07) is 2.17. The fourth-order valence-corrected chi connectivity index (χ4v) is 2.92. The van der Waals surface area contributed by atoms with Crippen LogP contribution in [0.3, 0.4) is 0 Å². The Balaban J connectivity index is 1.63. The number of hydrogen-bond donors (Lipinski definition) is 2. The van der Waals surface area contributed by atoms with Crippen molar-refractivity contribution in [3.05, 3.63) is 12.4 Å². The smallest absolute Gasteiger partial charge is 0.134 e. The normalized spacial score (nSPS) is 26.1. The minimum Gasteiger partial charge on any atom is -0.394 e. The van der Waals surface area contributed by atoms with E-state index in [1.54, 1.807) is 6.33 Å². The standard InChI is InChI=1S/C14H22N4O2/c19-8-12-2-1-4-18(12)14-6-13(16-10-17-14)15-7-11-3-5-20-9-11/h6,10-12,19H,1-5,7-9H2,(H,15,16,17)/t11-,12+/m1/s1. The van der Waals surface area contributed by atoms with Gasteiger partial charge in [-0.1, -0.05) is 0 Å². The van der Waals surface area contributed by atoms with Crippen molar-refractivity contribution < 1.29 is 9.84 Å². The number of anilines is 2. The van der Waals surface area contributed by atoms with E-state index >= 15 is 0 Å². The van der Waals surface area contributed by atoms with Crippen molar-refractivity contribution in [1.29, 1.82) is 0 Å². The Morgan fingerprint density at radius 2 is 2.35 bits per heavy atom. The average Bonchev–Trinajstić information content (AvgIpc) is 3.16. The zero-order chi connectivity index (χ0) is 13.8. The van der Waals surface area contributed by atoms with Gasteiger partial charge in [-0.2, -0.15) is 0 Å². The summed E-state index contributed by atoms with van der Waals surface area (Å²) < 4.78 is 5.37. The number of aromatic nitrogens is 2. The molecule has 6 nitrogen and oxygen atoms in total. The molecule has 2 aliphatic heterocycles. The molecule has 0 aliphatic carbocycles. The molecule has 0 saturated carbocycles. The highest BCUT2D eigenvalue weighted by molar-refractivity contribution is 5.49. The molecule has 20 heavy (non-hydrogen) atoms. The lowest BCUT2D eigenvalue weighted by atomic mass is 10.1. The summed E-state index contributed by atoms with van der Waals surface area (Å²) in [5.41, 5.74) is 0. The number of aliphatic hydroxyl groups is 1. The summed E-state index contributed by atoms with van der Waals surface area (Å²) in [6.07, 6.45) is 4.85. The van der Waals surface area contributed by atoms with Crippen LogP contribution in [0.2, 0.25) is 0 Å². The molecule has 2 atom stereocenters. The zero-order valence-corrected chi connectivity index (χ0v) is 11.7. The van der Waals surface area contributed by atoms with E-state index in [0.29, 0.717) is 5.92 Å². The van der Waals surface area contributed by atoms with E-state index in [0.717, 1.165) is 57.2 Å². The van der Waals surface area contributed by atoms with Crippen LogP contribution in [-0.2, 0) is 4.74 Å². The van der Waals surface area contributed by atoms with Gasteiger partial charge < -0.3 is 20.1 Å². The van der Waals surface area contributed by atoms with Crippen molar-refractivity contribution in [2.24, 2.45) is 5.92 Å². The van der Waals surface area contributed by atoms with Crippen molar-refractivity contribution in [2.45, 2.75) is 25.3 Å². The Kier molecular flexibility index (Phi) is 4.32. The van der Waals surface area contributed by atoms with Crippen LogP contribution in [0.5, 0.6) is 0 Å². The third-order valence-electron chi connectivity index (χ3n) is 4.13. The van der Waals surface area contributed by atoms with Crippen LogP contribution in [0.25, 0.3) is 0 Å².